The van der Waals surface area contributed by atoms with Gasteiger partial charge in [-0.05, 0) is 55.8 Å². The highest BCUT2D eigenvalue weighted by Crippen LogP contribution is 2.32. The zero-order valence-corrected chi connectivity index (χ0v) is 16.0. The van der Waals surface area contributed by atoms with Gasteiger partial charge in [-0.15, -0.1) is 0 Å². The first kappa shape index (κ1) is 18.5. The Morgan fingerprint density at radius 2 is 1.56 bits per heavy atom. The third-order valence-electron chi connectivity index (χ3n) is 4.33. The van der Waals surface area contributed by atoms with Crippen LogP contribution in [0.3, 0.4) is 0 Å². The summed E-state index contributed by atoms with van der Waals surface area (Å²) in [6, 6.07) is 10.7. The molecule has 1 aliphatic heterocycles. The number of anilines is 1. The number of carbonyl (C=O) groups excluding carboxylic acids is 1. The third-order valence-corrected chi connectivity index (χ3v) is 5.36. The maximum Gasteiger partial charge on any atom is 0.255 e. The lowest BCUT2D eigenvalue weighted by Gasteiger charge is -2.26. The first-order valence-electron chi connectivity index (χ1n) is 8.30. The van der Waals surface area contributed by atoms with Crippen molar-refractivity contribution in [2.24, 2.45) is 0 Å². The zero-order valence-electron chi connectivity index (χ0n) is 13.7. The Labute approximate surface area is 162 Å². The van der Waals surface area contributed by atoms with E-state index in [9.17, 15) is 4.79 Å². The van der Waals surface area contributed by atoms with Gasteiger partial charge in [0.15, 0.2) is 0 Å². The SMILES string of the molecule is O=C(Nc1cc(Cl)c(Cl)cc1Cl)c1ccc(CN2CCCCC2)cc1. The van der Waals surface area contributed by atoms with Crippen LogP contribution in [-0.4, -0.2) is 23.9 Å². The average molecular weight is 398 g/mol. The molecule has 1 N–H and O–H groups in total. The van der Waals surface area contributed by atoms with E-state index in [1.165, 1.54) is 30.9 Å². The van der Waals surface area contributed by atoms with Crippen LogP contribution in [0.25, 0.3) is 0 Å². The molecular weight excluding hydrogens is 379 g/mol. The van der Waals surface area contributed by atoms with Gasteiger partial charge in [0.1, 0.15) is 0 Å². The van der Waals surface area contributed by atoms with Crippen LogP contribution in [0.5, 0.6) is 0 Å². The molecule has 1 heterocycles. The normalized spacial score (nSPS) is 15.2. The Hall–Kier alpha value is -1.26. The smallest absolute Gasteiger partial charge is 0.255 e. The van der Waals surface area contributed by atoms with E-state index >= 15 is 0 Å². The molecule has 0 aliphatic carbocycles. The summed E-state index contributed by atoms with van der Waals surface area (Å²) < 4.78 is 0. The van der Waals surface area contributed by atoms with Gasteiger partial charge < -0.3 is 5.32 Å². The Morgan fingerprint density at radius 3 is 2.24 bits per heavy atom. The predicted octanol–water partition coefficient (Wildman–Crippen LogP) is 5.89. The molecule has 1 saturated heterocycles. The van der Waals surface area contributed by atoms with E-state index < -0.39 is 0 Å². The minimum atomic E-state index is -0.232. The molecule has 0 aromatic heterocycles. The van der Waals surface area contributed by atoms with E-state index in [0.717, 1.165) is 19.6 Å². The van der Waals surface area contributed by atoms with Crippen LogP contribution in [-0.2, 0) is 6.54 Å². The van der Waals surface area contributed by atoms with E-state index in [-0.39, 0.29) is 5.91 Å². The number of nitrogens with zero attached hydrogens (tertiary/aromatic N) is 1. The summed E-state index contributed by atoms with van der Waals surface area (Å²) in [6.45, 7) is 3.23. The molecule has 0 radical (unpaired) electrons. The lowest BCUT2D eigenvalue weighted by Crippen LogP contribution is -2.29. The summed E-state index contributed by atoms with van der Waals surface area (Å²) in [7, 11) is 0. The fourth-order valence-corrected chi connectivity index (χ4v) is 3.54. The Balaban J connectivity index is 1.65. The molecule has 3 nitrogen and oxygen atoms in total. The van der Waals surface area contributed by atoms with Crippen molar-refractivity contribution < 1.29 is 4.79 Å². The second kappa shape index (κ2) is 8.41. The van der Waals surface area contributed by atoms with Gasteiger partial charge in [0.05, 0.1) is 20.8 Å². The fraction of sp³-hybridized carbons (Fsp3) is 0.316. The quantitative estimate of drug-likeness (QED) is 0.653. The van der Waals surface area contributed by atoms with Gasteiger partial charge in [0.2, 0.25) is 0 Å². The van der Waals surface area contributed by atoms with Gasteiger partial charge in [0, 0.05) is 12.1 Å². The van der Waals surface area contributed by atoms with Crippen LogP contribution in [0.4, 0.5) is 5.69 Å². The first-order valence-corrected chi connectivity index (χ1v) is 9.43. The first-order chi connectivity index (χ1) is 12.0. The summed E-state index contributed by atoms with van der Waals surface area (Å²) in [4.78, 5) is 14.9. The number of carbonyl (C=O) groups is 1. The molecular formula is C19H19Cl3N2O. The molecule has 2 aromatic carbocycles. The molecule has 2 aromatic rings. The van der Waals surface area contributed by atoms with Gasteiger partial charge in [-0.2, -0.15) is 0 Å². The molecule has 0 atom stereocenters. The highest BCUT2D eigenvalue weighted by Gasteiger charge is 2.13. The van der Waals surface area contributed by atoms with Crippen molar-refractivity contribution in [3.05, 3.63) is 62.6 Å². The van der Waals surface area contributed by atoms with Crippen LogP contribution in [0, 0.1) is 0 Å². The highest BCUT2D eigenvalue weighted by molar-refractivity contribution is 6.44. The minimum Gasteiger partial charge on any atom is -0.321 e. The maximum absolute atomic E-state index is 12.4. The summed E-state index contributed by atoms with van der Waals surface area (Å²) >= 11 is 18.0. The molecule has 1 amide bonds. The molecule has 0 saturated carbocycles. The van der Waals surface area contributed by atoms with E-state index in [1.807, 2.05) is 24.3 Å². The average Bonchev–Trinajstić information content (AvgIpc) is 2.61. The largest absolute Gasteiger partial charge is 0.321 e. The third kappa shape index (κ3) is 4.89. The number of hydrogen-bond acceptors (Lipinski definition) is 2. The molecule has 1 fully saturated rings. The summed E-state index contributed by atoms with van der Waals surface area (Å²) in [6.07, 6.45) is 3.86. The van der Waals surface area contributed by atoms with Crippen LogP contribution in [0.2, 0.25) is 15.1 Å². The van der Waals surface area contributed by atoms with E-state index in [1.54, 1.807) is 6.07 Å². The molecule has 0 unspecified atom stereocenters. The number of halogens is 3. The lowest BCUT2D eigenvalue weighted by atomic mass is 10.1. The Morgan fingerprint density at radius 1 is 0.920 bits per heavy atom. The molecule has 6 heteroatoms. The van der Waals surface area contributed by atoms with Gasteiger partial charge >= 0.3 is 0 Å². The Bertz CT molecular complexity index is 756. The van der Waals surface area contributed by atoms with Crippen LogP contribution in [0.15, 0.2) is 36.4 Å². The molecule has 132 valence electrons. The minimum absolute atomic E-state index is 0.232. The highest BCUT2D eigenvalue weighted by atomic mass is 35.5. The summed E-state index contributed by atoms with van der Waals surface area (Å²) in [5.41, 5.74) is 2.23. The summed E-state index contributed by atoms with van der Waals surface area (Å²) in [5.74, 6) is -0.232. The predicted molar refractivity (Wildman–Crippen MR) is 105 cm³/mol. The number of hydrogen-bond donors (Lipinski definition) is 1. The van der Waals surface area contributed by atoms with Crippen LogP contribution >= 0.6 is 34.8 Å². The number of likely N-dealkylation sites (tertiary alicyclic amines) is 1. The monoisotopic (exact) mass is 396 g/mol. The van der Waals surface area contributed by atoms with Crippen molar-refractivity contribution in [2.45, 2.75) is 25.8 Å². The van der Waals surface area contributed by atoms with Gasteiger partial charge in [0.25, 0.3) is 5.91 Å². The standard InChI is InChI=1S/C19H19Cl3N2O/c20-15-10-17(22)18(11-16(15)21)23-19(25)14-6-4-13(5-7-14)12-24-8-2-1-3-9-24/h4-7,10-11H,1-3,8-9,12H2,(H,23,25). The number of nitrogens with one attached hydrogen (secondary N) is 1. The van der Waals surface area contributed by atoms with Crippen molar-refractivity contribution in [3.63, 3.8) is 0 Å². The fourth-order valence-electron chi connectivity index (χ4n) is 2.95. The van der Waals surface area contributed by atoms with Crippen molar-refractivity contribution in [2.75, 3.05) is 18.4 Å². The van der Waals surface area contributed by atoms with Gasteiger partial charge in [-0.3, -0.25) is 9.69 Å². The second-order valence-corrected chi connectivity index (χ2v) is 7.46. The van der Waals surface area contributed by atoms with Crippen molar-refractivity contribution in [3.8, 4) is 0 Å². The van der Waals surface area contributed by atoms with E-state index in [4.69, 9.17) is 34.8 Å². The Kier molecular flexibility index (Phi) is 6.24. The lowest BCUT2D eigenvalue weighted by molar-refractivity contribution is 0.102. The number of piperidine rings is 1. The molecule has 0 bridgehead atoms. The molecule has 1 aliphatic rings. The van der Waals surface area contributed by atoms with Crippen LogP contribution in [0.1, 0.15) is 35.2 Å². The van der Waals surface area contributed by atoms with Crippen molar-refractivity contribution >= 4 is 46.4 Å². The number of benzene rings is 2. The number of amides is 1. The zero-order chi connectivity index (χ0) is 17.8. The van der Waals surface area contributed by atoms with Gasteiger partial charge in [-0.25, -0.2) is 0 Å². The topological polar surface area (TPSA) is 32.3 Å². The van der Waals surface area contributed by atoms with Crippen LogP contribution < -0.4 is 5.32 Å². The van der Waals surface area contributed by atoms with Crippen molar-refractivity contribution in [1.82, 2.24) is 4.90 Å². The summed E-state index contributed by atoms with van der Waals surface area (Å²) in [5, 5.41) is 3.82. The molecule has 0 spiro atoms. The van der Waals surface area contributed by atoms with Crippen molar-refractivity contribution in [1.29, 1.82) is 0 Å². The van der Waals surface area contributed by atoms with E-state index in [0.29, 0.717) is 26.3 Å². The second-order valence-electron chi connectivity index (χ2n) is 6.23. The number of rotatable bonds is 4. The maximum atomic E-state index is 12.4. The van der Waals surface area contributed by atoms with Gasteiger partial charge in [-0.1, -0.05) is 53.4 Å². The molecule has 25 heavy (non-hydrogen) atoms. The molecule has 3 rings (SSSR count). The van der Waals surface area contributed by atoms with E-state index in [2.05, 4.69) is 10.2 Å².